The highest BCUT2D eigenvalue weighted by Gasteiger charge is 2.21. The molecule has 0 spiro atoms. The summed E-state index contributed by atoms with van der Waals surface area (Å²) in [6.45, 7) is 0. The van der Waals surface area contributed by atoms with E-state index in [1.807, 2.05) is 36.4 Å². The second kappa shape index (κ2) is 7.06. The van der Waals surface area contributed by atoms with E-state index in [1.54, 1.807) is 6.07 Å². The zero-order valence-corrected chi connectivity index (χ0v) is 15.9. The van der Waals surface area contributed by atoms with Crippen molar-refractivity contribution in [1.82, 2.24) is 0 Å². The molecule has 0 amide bonds. The van der Waals surface area contributed by atoms with Gasteiger partial charge in [-0.3, -0.25) is 0 Å². The first-order valence-corrected chi connectivity index (χ1v) is 9.81. The van der Waals surface area contributed by atoms with Crippen molar-refractivity contribution in [3.8, 4) is 22.3 Å². The first-order valence-electron chi connectivity index (χ1n) is 9.81. The van der Waals surface area contributed by atoms with Gasteiger partial charge in [0.25, 0.3) is 0 Å². The molecule has 0 unspecified atom stereocenters. The number of carboxylic acid groups (broad SMARTS) is 1. The molecule has 2 heteroatoms. The lowest BCUT2D eigenvalue weighted by atomic mass is 9.91. The SMILES string of the molecule is O=C(O)c1ccc(-c2cccc3c2Cc2ccccc2-3)cc1Cc1ccccc1. The van der Waals surface area contributed by atoms with Gasteiger partial charge in [0.1, 0.15) is 0 Å². The Morgan fingerprint density at radius 1 is 0.759 bits per heavy atom. The largest absolute Gasteiger partial charge is 0.478 e. The van der Waals surface area contributed by atoms with Crippen LogP contribution in [-0.2, 0) is 12.8 Å². The third kappa shape index (κ3) is 3.13. The molecule has 5 rings (SSSR count). The molecule has 1 aliphatic rings. The molecule has 0 saturated carbocycles. The van der Waals surface area contributed by atoms with Crippen LogP contribution in [0, 0.1) is 0 Å². The molecule has 0 bridgehead atoms. The standard InChI is InChI=1S/C27H20O2/c28-27(29)24-14-13-20(16-21(24)15-18-7-2-1-3-8-18)23-11-6-12-25-22-10-5-4-9-19(22)17-26(23)25/h1-14,16H,15,17H2,(H,28,29). The predicted octanol–water partition coefficient (Wildman–Crippen LogP) is 6.21. The minimum atomic E-state index is -0.881. The normalized spacial score (nSPS) is 11.7. The first-order chi connectivity index (χ1) is 14.2. The minimum absolute atomic E-state index is 0.369. The Morgan fingerprint density at radius 2 is 1.48 bits per heavy atom. The third-order valence-electron chi connectivity index (χ3n) is 5.73. The number of hydrogen-bond donors (Lipinski definition) is 1. The molecule has 1 aliphatic carbocycles. The van der Waals surface area contributed by atoms with Gasteiger partial charge in [0.15, 0.2) is 0 Å². The predicted molar refractivity (Wildman–Crippen MR) is 116 cm³/mol. The molecule has 0 radical (unpaired) electrons. The van der Waals surface area contributed by atoms with Gasteiger partial charge in [-0.1, -0.05) is 78.9 Å². The highest BCUT2D eigenvalue weighted by atomic mass is 16.4. The van der Waals surface area contributed by atoms with Crippen LogP contribution in [0.1, 0.15) is 32.6 Å². The van der Waals surface area contributed by atoms with E-state index in [2.05, 4.69) is 48.5 Å². The van der Waals surface area contributed by atoms with Crippen LogP contribution in [0.3, 0.4) is 0 Å². The van der Waals surface area contributed by atoms with E-state index in [0.717, 1.165) is 23.1 Å². The number of rotatable bonds is 4. The third-order valence-corrected chi connectivity index (χ3v) is 5.73. The molecular formula is C27H20O2. The smallest absolute Gasteiger partial charge is 0.335 e. The van der Waals surface area contributed by atoms with Crippen LogP contribution >= 0.6 is 0 Å². The van der Waals surface area contributed by atoms with Gasteiger partial charge >= 0.3 is 5.97 Å². The topological polar surface area (TPSA) is 37.3 Å². The van der Waals surface area contributed by atoms with E-state index in [4.69, 9.17) is 0 Å². The molecule has 0 heterocycles. The van der Waals surface area contributed by atoms with Crippen LogP contribution in [0.2, 0.25) is 0 Å². The lowest BCUT2D eigenvalue weighted by Gasteiger charge is -2.13. The zero-order valence-electron chi connectivity index (χ0n) is 15.9. The number of carboxylic acids is 1. The van der Waals surface area contributed by atoms with Gasteiger partial charge in [-0.15, -0.1) is 0 Å². The maximum absolute atomic E-state index is 11.8. The van der Waals surface area contributed by atoms with Crippen molar-refractivity contribution >= 4 is 5.97 Å². The average Bonchev–Trinajstić information content (AvgIpc) is 3.13. The average molecular weight is 376 g/mol. The summed E-state index contributed by atoms with van der Waals surface area (Å²) in [7, 11) is 0. The summed E-state index contributed by atoms with van der Waals surface area (Å²) in [5.41, 5.74) is 9.83. The minimum Gasteiger partial charge on any atom is -0.478 e. The molecule has 140 valence electrons. The van der Waals surface area contributed by atoms with Crippen molar-refractivity contribution in [1.29, 1.82) is 0 Å². The summed E-state index contributed by atoms with van der Waals surface area (Å²) >= 11 is 0. The number of fused-ring (bicyclic) bond motifs is 3. The van der Waals surface area contributed by atoms with E-state index in [1.165, 1.54) is 27.8 Å². The monoisotopic (exact) mass is 376 g/mol. The van der Waals surface area contributed by atoms with Crippen LogP contribution in [0.5, 0.6) is 0 Å². The number of hydrogen-bond acceptors (Lipinski definition) is 1. The second-order valence-corrected chi connectivity index (χ2v) is 7.51. The number of carbonyl (C=O) groups is 1. The quantitative estimate of drug-likeness (QED) is 0.405. The fourth-order valence-corrected chi connectivity index (χ4v) is 4.36. The van der Waals surface area contributed by atoms with E-state index >= 15 is 0 Å². The molecule has 0 fully saturated rings. The van der Waals surface area contributed by atoms with Gasteiger partial charge in [-0.25, -0.2) is 4.79 Å². The Hall–Kier alpha value is -3.65. The van der Waals surface area contributed by atoms with Gasteiger partial charge < -0.3 is 5.11 Å². The van der Waals surface area contributed by atoms with Crippen molar-refractivity contribution in [2.75, 3.05) is 0 Å². The Labute approximate surface area is 170 Å². The van der Waals surface area contributed by atoms with Crippen LogP contribution in [0.4, 0.5) is 0 Å². The second-order valence-electron chi connectivity index (χ2n) is 7.51. The van der Waals surface area contributed by atoms with Gasteiger partial charge in [0.2, 0.25) is 0 Å². The summed E-state index contributed by atoms with van der Waals surface area (Å²) < 4.78 is 0. The van der Waals surface area contributed by atoms with E-state index < -0.39 is 5.97 Å². The Balaban J connectivity index is 1.61. The van der Waals surface area contributed by atoms with E-state index in [-0.39, 0.29) is 0 Å². The Kier molecular flexibility index (Phi) is 4.25. The molecule has 0 aliphatic heterocycles. The highest BCUT2D eigenvalue weighted by Crippen LogP contribution is 2.41. The first kappa shape index (κ1) is 17.4. The summed E-state index contributed by atoms with van der Waals surface area (Å²) in [6.07, 6.45) is 1.52. The zero-order chi connectivity index (χ0) is 19.8. The Bertz CT molecular complexity index is 1220. The van der Waals surface area contributed by atoms with E-state index in [9.17, 15) is 9.90 Å². The molecule has 29 heavy (non-hydrogen) atoms. The van der Waals surface area contributed by atoms with Crippen molar-refractivity contribution in [3.05, 3.63) is 119 Å². The summed E-state index contributed by atoms with van der Waals surface area (Å²) in [4.78, 5) is 11.8. The summed E-state index contributed by atoms with van der Waals surface area (Å²) in [5.74, 6) is -0.881. The van der Waals surface area contributed by atoms with Crippen LogP contribution in [-0.4, -0.2) is 11.1 Å². The van der Waals surface area contributed by atoms with Crippen molar-refractivity contribution in [2.24, 2.45) is 0 Å². The van der Waals surface area contributed by atoms with Crippen molar-refractivity contribution in [2.45, 2.75) is 12.8 Å². The van der Waals surface area contributed by atoms with Crippen molar-refractivity contribution in [3.63, 3.8) is 0 Å². The lowest BCUT2D eigenvalue weighted by Crippen LogP contribution is -2.04. The summed E-state index contributed by atoms with van der Waals surface area (Å²) in [5, 5.41) is 9.68. The summed E-state index contributed by atoms with van der Waals surface area (Å²) in [6, 6.07) is 30.7. The molecule has 0 atom stereocenters. The van der Waals surface area contributed by atoms with Crippen molar-refractivity contribution < 1.29 is 9.90 Å². The molecule has 0 saturated heterocycles. The maximum Gasteiger partial charge on any atom is 0.335 e. The van der Waals surface area contributed by atoms with Crippen LogP contribution in [0.15, 0.2) is 91.0 Å². The molecule has 1 N–H and O–H groups in total. The molecule has 4 aromatic rings. The molecular weight excluding hydrogens is 356 g/mol. The fourth-order valence-electron chi connectivity index (χ4n) is 4.36. The number of aromatic carboxylic acids is 1. The van der Waals surface area contributed by atoms with Gasteiger partial charge in [0.05, 0.1) is 5.56 Å². The van der Waals surface area contributed by atoms with Crippen LogP contribution < -0.4 is 0 Å². The van der Waals surface area contributed by atoms with Gasteiger partial charge in [-0.05, 0) is 69.5 Å². The Morgan fingerprint density at radius 3 is 2.31 bits per heavy atom. The van der Waals surface area contributed by atoms with Crippen LogP contribution in [0.25, 0.3) is 22.3 Å². The van der Waals surface area contributed by atoms with Gasteiger partial charge in [-0.2, -0.15) is 0 Å². The maximum atomic E-state index is 11.8. The van der Waals surface area contributed by atoms with E-state index in [0.29, 0.717) is 12.0 Å². The lowest BCUT2D eigenvalue weighted by molar-refractivity contribution is 0.0696. The highest BCUT2D eigenvalue weighted by molar-refractivity contribution is 5.91. The fraction of sp³-hybridized carbons (Fsp3) is 0.0741. The molecule has 4 aromatic carbocycles. The number of benzene rings is 4. The van der Waals surface area contributed by atoms with Gasteiger partial charge in [0, 0.05) is 0 Å². The molecule has 2 nitrogen and oxygen atoms in total. The molecule has 0 aromatic heterocycles.